The Morgan fingerprint density at radius 1 is 1.17 bits per heavy atom. The molecular weight excluding hydrogens is 261 g/mol. The highest BCUT2D eigenvalue weighted by Gasteiger charge is 2.48. The molecule has 2 fully saturated rings. The lowest BCUT2D eigenvalue weighted by Crippen LogP contribution is -3.00. The fraction of sp³-hybridized carbons (Fsp3) is 1.00. The average Bonchev–Trinajstić information content (AvgIpc) is 2.62. The molecule has 0 radical (unpaired) electrons. The van der Waals surface area contributed by atoms with Gasteiger partial charge in [-0.05, 0) is 26.7 Å². The zero-order valence-electron chi connectivity index (χ0n) is 8.22. The highest BCUT2D eigenvalue weighted by atomic mass is 127. The Labute approximate surface area is 93.1 Å². The van der Waals surface area contributed by atoms with Gasteiger partial charge in [0.05, 0.1) is 25.7 Å². The maximum absolute atomic E-state index is 2.37. The summed E-state index contributed by atoms with van der Waals surface area (Å²) in [6.07, 6.45) is 4.60. The van der Waals surface area contributed by atoms with Gasteiger partial charge >= 0.3 is 0 Å². The van der Waals surface area contributed by atoms with E-state index in [0.717, 1.165) is 12.0 Å². The summed E-state index contributed by atoms with van der Waals surface area (Å²) in [7, 11) is 0. The van der Waals surface area contributed by atoms with Crippen molar-refractivity contribution in [2.45, 2.75) is 39.2 Å². The Morgan fingerprint density at radius 2 is 1.83 bits per heavy atom. The summed E-state index contributed by atoms with van der Waals surface area (Å²) in [4.78, 5) is 0. The van der Waals surface area contributed by atoms with Crippen LogP contribution in [0.25, 0.3) is 0 Å². The molecule has 1 nitrogen and oxygen atoms in total. The number of hydrogen-bond acceptors (Lipinski definition) is 0. The maximum atomic E-state index is 2.37. The zero-order chi connectivity index (χ0) is 7.90. The van der Waals surface area contributed by atoms with E-state index in [1.54, 1.807) is 6.42 Å². The Hall–Kier alpha value is 0.690. The molecule has 2 unspecified atom stereocenters. The maximum Gasteiger partial charge on any atom is 0.0895 e. The third-order valence-corrected chi connectivity index (χ3v) is 4.17. The summed E-state index contributed by atoms with van der Waals surface area (Å²) in [6, 6.07) is 1.05. The molecule has 0 aromatic heterocycles. The number of piperidine rings is 1. The lowest BCUT2D eigenvalue weighted by molar-refractivity contribution is -0.940. The summed E-state index contributed by atoms with van der Waals surface area (Å²) < 4.78 is 1.45. The van der Waals surface area contributed by atoms with Crippen molar-refractivity contribution >= 4 is 0 Å². The van der Waals surface area contributed by atoms with E-state index in [1.165, 1.54) is 37.0 Å². The second kappa shape index (κ2) is 3.82. The van der Waals surface area contributed by atoms with Crippen molar-refractivity contribution in [3.8, 4) is 0 Å². The van der Waals surface area contributed by atoms with E-state index in [2.05, 4.69) is 13.8 Å². The van der Waals surface area contributed by atoms with E-state index < -0.39 is 0 Å². The van der Waals surface area contributed by atoms with Crippen molar-refractivity contribution in [3.63, 3.8) is 0 Å². The van der Waals surface area contributed by atoms with Crippen LogP contribution < -0.4 is 24.0 Å². The van der Waals surface area contributed by atoms with Gasteiger partial charge in [0.25, 0.3) is 0 Å². The minimum absolute atomic E-state index is 0. The van der Waals surface area contributed by atoms with Gasteiger partial charge in [-0.15, -0.1) is 0 Å². The fourth-order valence-electron chi connectivity index (χ4n) is 3.37. The third-order valence-electron chi connectivity index (χ3n) is 4.17. The molecule has 2 heteroatoms. The molecule has 1 saturated carbocycles. The number of rotatable bonds is 2. The molecule has 0 aromatic carbocycles. The van der Waals surface area contributed by atoms with Crippen LogP contribution in [-0.4, -0.2) is 30.2 Å². The first-order valence-electron chi connectivity index (χ1n) is 5.16. The Morgan fingerprint density at radius 3 is 2.08 bits per heavy atom. The van der Waals surface area contributed by atoms with E-state index in [0.29, 0.717) is 0 Å². The molecule has 0 spiro atoms. The van der Waals surface area contributed by atoms with Gasteiger partial charge in [-0.2, -0.15) is 0 Å². The summed E-state index contributed by atoms with van der Waals surface area (Å²) in [5.74, 6) is 1.10. The molecule has 1 heterocycles. The van der Waals surface area contributed by atoms with Gasteiger partial charge in [0, 0.05) is 12.3 Å². The predicted octanol–water partition coefficient (Wildman–Crippen LogP) is -0.971. The average molecular weight is 281 g/mol. The van der Waals surface area contributed by atoms with E-state index in [1.807, 2.05) is 0 Å². The van der Waals surface area contributed by atoms with Gasteiger partial charge < -0.3 is 28.5 Å². The lowest BCUT2D eigenvalue weighted by Gasteiger charge is -2.40. The number of likely N-dealkylation sites (tertiary alicyclic amines) is 1. The van der Waals surface area contributed by atoms with Crippen molar-refractivity contribution in [3.05, 3.63) is 0 Å². The van der Waals surface area contributed by atoms with Crippen molar-refractivity contribution in [2.24, 2.45) is 5.92 Å². The van der Waals surface area contributed by atoms with Crippen LogP contribution in [0.5, 0.6) is 0 Å². The first kappa shape index (κ1) is 10.8. The molecule has 2 aliphatic rings. The molecule has 2 rings (SSSR count). The summed E-state index contributed by atoms with van der Waals surface area (Å²) in [5.41, 5.74) is 0. The molecule has 1 aliphatic carbocycles. The largest absolute Gasteiger partial charge is 1.00 e. The zero-order valence-corrected chi connectivity index (χ0v) is 10.4. The number of halogens is 1. The minimum atomic E-state index is 0. The smallest absolute Gasteiger partial charge is 0.0895 e. The van der Waals surface area contributed by atoms with Crippen LogP contribution in [0, 0.1) is 5.92 Å². The summed E-state index contributed by atoms with van der Waals surface area (Å²) in [6.45, 7) is 8.97. The van der Waals surface area contributed by atoms with Gasteiger partial charge in [-0.1, -0.05) is 0 Å². The molecule has 0 N–H and O–H groups in total. The molecule has 12 heavy (non-hydrogen) atoms. The quantitative estimate of drug-likeness (QED) is 0.451. The van der Waals surface area contributed by atoms with E-state index >= 15 is 0 Å². The van der Waals surface area contributed by atoms with Gasteiger partial charge in [0.1, 0.15) is 0 Å². The molecule has 72 valence electrons. The molecule has 1 saturated heterocycles. The third kappa shape index (κ3) is 1.41. The van der Waals surface area contributed by atoms with Crippen molar-refractivity contribution in [2.75, 3.05) is 19.6 Å². The first-order chi connectivity index (χ1) is 5.30. The first-order valence-corrected chi connectivity index (χ1v) is 5.16. The molecule has 1 aliphatic heterocycles. The highest BCUT2D eigenvalue weighted by Crippen LogP contribution is 2.42. The van der Waals surface area contributed by atoms with Crippen LogP contribution in [0.15, 0.2) is 0 Å². The monoisotopic (exact) mass is 281 g/mol. The Balaban J connectivity index is 0.000000720. The second-order valence-electron chi connectivity index (χ2n) is 4.37. The Kier molecular flexibility index (Phi) is 3.43. The Bertz CT molecular complexity index is 154. The van der Waals surface area contributed by atoms with Crippen LogP contribution in [0.1, 0.15) is 33.1 Å². The normalized spacial score (nSPS) is 36.5. The standard InChI is InChI=1S/C10H20N.HI/c1-3-11(4-2)8-9-5-6-10(11)7-9;/h9-10H,3-8H2,1-2H3;1H/q+1;/p-1. The van der Waals surface area contributed by atoms with E-state index in [-0.39, 0.29) is 24.0 Å². The number of quaternary nitrogens is 1. The lowest BCUT2D eigenvalue weighted by atomic mass is 10.1. The second-order valence-corrected chi connectivity index (χ2v) is 4.37. The SMILES string of the molecule is CC[N+]1(CC)CC2CCC1C2.[I-]. The predicted molar refractivity (Wildman–Crippen MR) is 47.3 cm³/mol. The molecule has 0 amide bonds. The van der Waals surface area contributed by atoms with Gasteiger partial charge in [-0.3, -0.25) is 0 Å². The van der Waals surface area contributed by atoms with Crippen LogP contribution in [0.4, 0.5) is 0 Å². The van der Waals surface area contributed by atoms with Gasteiger partial charge in [-0.25, -0.2) is 0 Å². The summed E-state index contributed by atoms with van der Waals surface area (Å²) >= 11 is 0. The number of nitrogens with zero attached hydrogens (tertiary/aromatic N) is 1. The summed E-state index contributed by atoms with van der Waals surface area (Å²) in [5, 5.41) is 0. The molecule has 2 bridgehead atoms. The van der Waals surface area contributed by atoms with Gasteiger partial charge in [0.15, 0.2) is 0 Å². The van der Waals surface area contributed by atoms with Crippen LogP contribution in [0.3, 0.4) is 0 Å². The fourth-order valence-corrected chi connectivity index (χ4v) is 3.37. The van der Waals surface area contributed by atoms with Crippen LogP contribution in [0.2, 0.25) is 0 Å². The highest BCUT2D eigenvalue weighted by molar-refractivity contribution is 4.83. The minimum Gasteiger partial charge on any atom is -1.00 e. The number of fused-ring (bicyclic) bond motifs is 2. The molecular formula is C10H20IN. The molecule has 0 aromatic rings. The van der Waals surface area contributed by atoms with Crippen molar-refractivity contribution in [1.29, 1.82) is 0 Å². The van der Waals surface area contributed by atoms with Crippen molar-refractivity contribution in [1.82, 2.24) is 0 Å². The van der Waals surface area contributed by atoms with Crippen LogP contribution in [-0.2, 0) is 0 Å². The van der Waals surface area contributed by atoms with E-state index in [4.69, 9.17) is 0 Å². The van der Waals surface area contributed by atoms with Gasteiger partial charge in [0.2, 0.25) is 0 Å². The molecule has 2 atom stereocenters. The van der Waals surface area contributed by atoms with E-state index in [9.17, 15) is 0 Å². The topological polar surface area (TPSA) is 0 Å². The van der Waals surface area contributed by atoms with Crippen molar-refractivity contribution < 1.29 is 28.5 Å². The van der Waals surface area contributed by atoms with Crippen LogP contribution >= 0.6 is 0 Å². The number of hydrogen-bond donors (Lipinski definition) is 0.